The third-order valence-electron chi connectivity index (χ3n) is 4.26. The van der Waals surface area contributed by atoms with Crippen LogP contribution in [0.5, 0.6) is 0 Å². The molecule has 0 aromatic carbocycles. The molecule has 128 valence electrons. The number of nitriles is 1. The number of thiophene rings is 1. The van der Waals surface area contributed by atoms with Gasteiger partial charge < -0.3 is 4.90 Å². The van der Waals surface area contributed by atoms with Gasteiger partial charge in [-0.05, 0) is 24.3 Å². The molecule has 26 heavy (non-hydrogen) atoms. The van der Waals surface area contributed by atoms with Gasteiger partial charge in [-0.15, -0.1) is 11.3 Å². The second-order valence-electron chi connectivity index (χ2n) is 6.10. The highest BCUT2D eigenvalue weighted by Gasteiger charge is 2.17. The summed E-state index contributed by atoms with van der Waals surface area (Å²) in [6.07, 6.45) is 11.0. The molecule has 3 aromatic heterocycles. The molecule has 4 rings (SSSR count). The van der Waals surface area contributed by atoms with Crippen molar-refractivity contribution in [1.82, 2.24) is 14.5 Å². The van der Waals surface area contributed by atoms with Gasteiger partial charge >= 0.3 is 0 Å². The molecule has 0 saturated heterocycles. The molecule has 0 radical (unpaired) electrons. The monoisotopic (exact) mass is 361 g/mol. The van der Waals surface area contributed by atoms with E-state index in [1.54, 1.807) is 35.3 Å². The van der Waals surface area contributed by atoms with Gasteiger partial charge in [0.2, 0.25) is 0 Å². The highest BCUT2D eigenvalue weighted by molar-refractivity contribution is 7.25. The first kappa shape index (κ1) is 16.2. The number of allylic oxidation sites excluding steroid dienone is 6. The lowest BCUT2D eigenvalue weighted by Crippen LogP contribution is -2.18. The molecule has 1 aliphatic rings. The topological polar surface area (TPSA) is 74.8 Å². The Morgan fingerprint density at radius 3 is 2.92 bits per heavy atom. The lowest BCUT2D eigenvalue weighted by Gasteiger charge is -2.13. The fraction of sp³-hybridized carbons (Fsp3) is 0.158. The first-order chi connectivity index (χ1) is 12.6. The molecular weight excluding hydrogens is 346 g/mol. The molecular formula is C19H15N5OS. The highest BCUT2D eigenvalue weighted by Crippen LogP contribution is 2.35. The third kappa shape index (κ3) is 2.52. The molecule has 6 nitrogen and oxygen atoms in total. The zero-order valence-corrected chi connectivity index (χ0v) is 15.1. The average molecular weight is 361 g/mol. The third-order valence-corrected chi connectivity index (χ3v) is 5.34. The van der Waals surface area contributed by atoms with E-state index in [2.05, 4.69) is 16.0 Å². The summed E-state index contributed by atoms with van der Waals surface area (Å²) in [7, 11) is 3.92. The molecule has 3 aromatic rings. The van der Waals surface area contributed by atoms with E-state index in [0.29, 0.717) is 22.2 Å². The second-order valence-corrected chi connectivity index (χ2v) is 7.10. The Labute approximate surface area is 153 Å². The number of pyridine rings is 1. The van der Waals surface area contributed by atoms with Crippen molar-refractivity contribution in [1.29, 1.82) is 5.26 Å². The number of hydrogen-bond donors (Lipinski definition) is 0. The van der Waals surface area contributed by atoms with Gasteiger partial charge in [0.25, 0.3) is 5.56 Å². The quantitative estimate of drug-likeness (QED) is 0.700. The van der Waals surface area contributed by atoms with Crippen LogP contribution in [0.1, 0.15) is 6.42 Å². The maximum Gasteiger partial charge on any atom is 0.275 e. The van der Waals surface area contributed by atoms with Crippen LogP contribution >= 0.6 is 11.3 Å². The maximum absolute atomic E-state index is 13.1. The fourth-order valence-corrected chi connectivity index (χ4v) is 4.03. The van der Waals surface area contributed by atoms with E-state index in [1.165, 1.54) is 11.3 Å². The molecule has 0 N–H and O–H groups in total. The molecule has 0 atom stereocenters. The van der Waals surface area contributed by atoms with E-state index in [9.17, 15) is 4.79 Å². The van der Waals surface area contributed by atoms with Crippen molar-refractivity contribution in [3.8, 4) is 6.07 Å². The molecule has 0 amide bonds. The molecule has 0 aliphatic heterocycles. The maximum atomic E-state index is 13.1. The predicted molar refractivity (Wildman–Crippen MR) is 105 cm³/mol. The first-order valence-corrected chi connectivity index (χ1v) is 8.86. The molecule has 0 unspecified atom stereocenters. The van der Waals surface area contributed by atoms with Crippen LogP contribution in [0, 0.1) is 11.3 Å². The fourth-order valence-electron chi connectivity index (χ4n) is 2.98. The standard InChI is InChI=1S/C19H15N5OS/c1-23(2)14-8-9-21-18-15(14)16-17(26-18)19(25)24(11-22-16)13-5-3-4-12(10-20)6-7-13/h3-4,6-9,11H,5H2,1-2H3. The Kier molecular flexibility index (Phi) is 3.90. The van der Waals surface area contributed by atoms with Gasteiger partial charge in [0.1, 0.15) is 15.9 Å². The highest BCUT2D eigenvalue weighted by atomic mass is 32.1. The van der Waals surface area contributed by atoms with Crippen molar-refractivity contribution in [3.05, 3.63) is 58.8 Å². The molecule has 3 heterocycles. The summed E-state index contributed by atoms with van der Waals surface area (Å²) < 4.78 is 2.14. The van der Waals surface area contributed by atoms with Gasteiger partial charge in [0.05, 0.1) is 28.2 Å². The smallest absolute Gasteiger partial charge is 0.275 e. The first-order valence-electron chi connectivity index (χ1n) is 8.04. The van der Waals surface area contributed by atoms with Crippen LogP contribution in [-0.2, 0) is 0 Å². The summed E-state index contributed by atoms with van der Waals surface area (Å²) in [5.74, 6) is 0. The zero-order valence-electron chi connectivity index (χ0n) is 14.3. The van der Waals surface area contributed by atoms with Crippen LogP contribution in [0.25, 0.3) is 26.1 Å². The van der Waals surface area contributed by atoms with E-state index >= 15 is 0 Å². The van der Waals surface area contributed by atoms with E-state index in [4.69, 9.17) is 5.26 Å². The number of nitrogens with zero attached hydrogens (tertiary/aromatic N) is 5. The minimum absolute atomic E-state index is 0.115. The molecule has 0 bridgehead atoms. The molecule has 1 aliphatic carbocycles. The van der Waals surface area contributed by atoms with Gasteiger partial charge in [-0.3, -0.25) is 9.36 Å². The Balaban J connectivity index is 1.96. The van der Waals surface area contributed by atoms with Crippen molar-refractivity contribution in [3.63, 3.8) is 0 Å². The SMILES string of the molecule is CN(C)c1ccnc2sc3c(=O)n(C4=CC=C(C#N)C=CC4)cnc3c12. The minimum Gasteiger partial charge on any atom is -0.377 e. The van der Waals surface area contributed by atoms with Gasteiger partial charge in [-0.25, -0.2) is 9.97 Å². The van der Waals surface area contributed by atoms with Gasteiger partial charge in [0.15, 0.2) is 0 Å². The van der Waals surface area contributed by atoms with E-state index in [1.807, 2.05) is 31.1 Å². The van der Waals surface area contributed by atoms with Gasteiger partial charge in [-0.1, -0.05) is 6.08 Å². The summed E-state index contributed by atoms with van der Waals surface area (Å²) in [6, 6.07) is 4.04. The number of aromatic nitrogens is 3. The lowest BCUT2D eigenvalue weighted by atomic mass is 10.2. The van der Waals surface area contributed by atoms with Crippen LogP contribution in [0.15, 0.2) is 53.3 Å². The minimum atomic E-state index is -0.115. The van der Waals surface area contributed by atoms with Crippen LogP contribution < -0.4 is 10.5 Å². The summed E-state index contributed by atoms with van der Waals surface area (Å²) in [6.45, 7) is 0. The molecule has 7 heteroatoms. The molecule has 0 fully saturated rings. The number of rotatable bonds is 2. The van der Waals surface area contributed by atoms with Crippen LogP contribution in [0.2, 0.25) is 0 Å². The average Bonchev–Trinajstić information content (AvgIpc) is 2.86. The van der Waals surface area contributed by atoms with Crippen LogP contribution in [0.3, 0.4) is 0 Å². The van der Waals surface area contributed by atoms with E-state index < -0.39 is 0 Å². The summed E-state index contributed by atoms with van der Waals surface area (Å²) in [5.41, 5.74) is 2.90. The Bertz CT molecular complexity index is 1220. The Morgan fingerprint density at radius 1 is 1.31 bits per heavy atom. The second kappa shape index (κ2) is 6.24. The van der Waals surface area contributed by atoms with Crippen molar-refractivity contribution in [2.45, 2.75) is 6.42 Å². The normalized spacial score (nSPS) is 14.0. The van der Waals surface area contributed by atoms with Crippen LogP contribution in [-0.4, -0.2) is 28.6 Å². The summed E-state index contributed by atoms with van der Waals surface area (Å²) in [5, 5.41) is 9.94. The largest absolute Gasteiger partial charge is 0.377 e. The zero-order chi connectivity index (χ0) is 18.3. The summed E-state index contributed by atoms with van der Waals surface area (Å²) >= 11 is 1.36. The lowest BCUT2D eigenvalue weighted by molar-refractivity contribution is 0.961. The Hall–Kier alpha value is -3.24. The van der Waals surface area contributed by atoms with Crippen molar-refractivity contribution >= 4 is 43.2 Å². The molecule has 0 spiro atoms. The van der Waals surface area contributed by atoms with E-state index in [-0.39, 0.29) is 5.56 Å². The number of anilines is 1. The van der Waals surface area contributed by atoms with Crippen LogP contribution in [0.4, 0.5) is 5.69 Å². The van der Waals surface area contributed by atoms with Crippen molar-refractivity contribution < 1.29 is 0 Å². The van der Waals surface area contributed by atoms with Gasteiger partial charge in [0, 0.05) is 32.4 Å². The number of hydrogen-bond acceptors (Lipinski definition) is 6. The number of fused-ring (bicyclic) bond motifs is 3. The van der Waals surface area contributed by atoms with Crippen molar-refractivity contribution in [2.24, 2.45) is 0 Å². The molecule has 0 saturated carbocycles. The van der Waals surface area contributed by atoms with E-state index in [0.717, 1.165) is 21.6 Å². The predicted octanol–water partition coefficient (Wildman–Crippen LogP) is 3.32. The van der Waals surface area contributed by atoms with Crippen molar-refractivity contribution in [2.75, 3.05) is 19.0 Å². The Morgan fingerprint density at radius 2 is 2.15 bits per heavy atom. The summed E-state index contributed by atoms with van der Waals surface area (Å²) in [4.78, 5) is 24.9. The van der Waals surface area contributed by atoms with Gasteiger partial charge in [-0.2, -0.15) is 5.26 Å².